The topological polar surface area (TPSA) is 97.5 Å². The molecule has 0 aromatic heterocycles. The Morgan fingerprint density at radius 1 is 1.38 bits per heavy atom. The molecule has 26 heavy (non-hydrogen) atoms. The molecule has 0 bridgehead atoms. The number of amides is 1. The van der Waals surface area contributed by atoms with Crippen molar-refractivity contribution in [3.8, 4) is 0 Å². The number of benzene rings is 1. The van der Waals surface area contributed by atoms with Crippen LogP contribution < -0.4 is 0 Å². The quantitative estimate of drug-likeness (QED) is 0.572. The van der Waals surface area contributed by atoms with Gasteiger partial charge in [-0.05, 0) is 24.1 Å². The summed E-state index contributed by atoms with van der Waals surface area (Å²) in [4.78, 5) is 26.2. The van der Waals surface area contributed by atoms with Crippen molar-refractivity contribution in [2.24, 2.45) is 11.0 Å². The van der Waals surface area contributed by atoms with E-state index >= 15 is 0 Å². The lowest BCUT2D eigenvalue weighted by molar-refractivity contribution is -0.486. The van der Waals surface area contributed by atoms with Crippen LogP contribution in [0.1, 0.15) is 12.0 Å². The monoisotopic (exact) mass is 382 g/mol. The second kappa shape index (κ2) is 8.33. The molecule has 140 valence electrons. The van der Waals surface area contributed by atoms with Gasteiger partial charge in [-0.3, -0.25) is 0 Å². The maximum absolute atomic E-state index is 12.4. The Hall–Kier alpha value is -2.39. The van der Waals surface area contributed by atoms with Crippen LogP contribution in [0.2, 0.25) is 5.02 Å². The highest BCUT2D eigenvalue weighted by Gasteiger charge is 2.36. The molecular formula is C16H19ClN4O5. The molecule has 0 N–H and O–H groups in total. The predicted octanol–water partition coefficient (Wildman–Crippen LogP) is 2.18. The van der Waals surface area contributed by atoms with E-state index in [0.717, 1.165) is 12.0 Å². The maximum atomic E-state index is 12.4. The van der Waals surface area contributed by atoms with E-state index in [1.807, 2.05) is 0 Å². The van der Waals surface area contributed by atoms with E-state index in [-0.39, 0.29) is 18.5 Å². The third-order valence-electron chi connectivity index (χ3n) is 4.29. The van der Waals surface area contributed by atoms with Crippen molar-refractivity contribution in [3.05, 3.63) is 45.0 Å². The van der Waals surface area contributed by atoms with Crippen LogP contribution in [0.25, 0.3) is 0 Å². The summed E-state index contributed by atoms with van der Waals surface area (Å²) in [6, 6.07) is 6.90. The first-order valence-corrected chi connectivity index (χ1v) is 8.65. The van der Waals surface area contributed by atoms with Gasteiger partial charge in [-0.2, -0.15) is 0 Å². The third-order valence-corrected chi connectivity index (χ3v) is 4.54. The fourth-order valence-corrected chi connectivity index (χ4v) is 3.10. The Bertz CT molecular complexity index is 690. The second-order valence-electron chi connectivity index (χ2n) is 6.15. The number of guanidine groups is 1. The number of hydrogen-bond acceptors (Lipinski definition) is 5. The van der Waals surface area contributed by atoms with E-state index < -0.39 is 11.1 Å². The van der Waals surface area contributed by atoms with E-state index in [4.69, 9.17) is 21.1 Å². The van der Waals surface area contributed by atoms with Crippen molar-refractivity contribution in [1.82, 2.24) is 9.80 Å². The Morgan fingerprint density at radius 2 is 2.15 bits per heavy atom. The molecule has 3 rings (SSSR count). The number of nitrogens with zero attached hydrogens (tertiary/aromatic N) is 4. The van der Waals surface area contributed by atoms with Crippen molar-refractivity contribution in [2.45, 2.75) is 13.0 Å². The molecule has 2 aliphatic rings. The van der Waals surface area contributed by atoms with Gasteiger partial charge in [0.15, 0.2) is 5.03 Å². The minimum atomic E-state index is -0.793. The average molecular weight is 383 g/mol. The summed E-state index contributed by atoms with van der Waals surface area (Å²) < 4.78 is 10.6. The second-order valence-corrected chi connectivity index (χ2v) is 6.58. The fourth-order valence-electron chi connectivity index (χ4n) is 2.97. The Morgan fingerprint density at radius 3 is 2.81 bits per heavy atom. The van der Waals surface area contributed by atoms with Crippen LogP contribution in [-0.4, -0.2) is 59.7 Å². The third kappa shape index (κ3) is 4.61. The number of halogens is 1. The van der Waals surface area contributed by atoms with E-state index in [9.17, 15) is 14.9 Å². The normalized spacial score (nSPS) is 21.4. The highest BCUT2D eigenvalue weighted by Crippen LogP contribution is 2.19. The zero-order valence-electron chi connectivity index (χ0n) is 14.0. The Balaban J connectivity index is 1.63. The van der Waals surface area contributed by atoms with Gasteiger partial charge in [0.1, 0.15) is 11.7 Å². The Labute approximate surface area is 155 Å². The number of ether oxygens (including phenoxy) is 2. The summed E-state index contributed by atoms with van der Waals surface area (Å²) in [5, 5.41) is 14.1. The number of nitro groups is 1. The molecule has 1 aromatic rings. The van der Waals surface area contributed by atoms with Gasteiger partial charge < -0.3 is 14.4 Å². The first kappa shape index (κ1) is 18.4. The lowest BCUT2D eigenvalue weighted by atomic mass is 10.1. The molecule has 2 saturated heterocycles. The van der Waals surface area contributed by atoms with Gasteiger partial charge in [-0.1, -0.05) is 23.7 Å². The van der Waals surface area contributed by atoms with E-state index in [1.165, 1.54) is 4.90 Å². The SMILES string of the molecule is O=C(OCc1ccc(Cl)cc1)N1CCN(CC2CCOC2)C1=N[N+](=O)[O-]. The average Bonchev–Trinajstić information content (AvgIpc) is 3.25. The molecule has 2 aliphatic heterocycles. The minimum Gasteiger partial charge on any atom is -0.444 e. The summed E-state index contributed by atoms with van der Waals surface area (Å²) in [6.45, 7) is 2.68. The number of carbonyl (C=O) groups is 1. The van der Waals surface area contributed by atoms with Gasteiger partial charge >= 0.3 is 6.09 Å². The summed E-state index contributed by atoms with van der Waals surface area (Å²) in [5.74, 6) is 0.292. The van der Waals surface area contributed by atoms with Crippen molar-refractivity contribution in [3.63, 3.8) is 0 Å². The van der Waals surface area contributed by atoms with Crippen LogP contribution in [0.4, 0.5) is 4.79 Å². The smallest absolute Gasteiger partial charge is 0.417 e. The summed E-state index contributed by atoms with van der Waals surface area (Å²) in [5.41, 5.74) is 0.773. The molecule has 10 heteroatoms. The van der Waals surface area contributed by atoms with Crippen LogP contribution in [-0.2, 0) is 16.1 Å². The van der Waals surface area contributed by atoms with Gasteiger partial charge in [0, 0.05) is 30.6 Å². The van der Waals surface area contributed by atoms with Gasteiger partial charge in [0.2, 0.25) is 0 Å². The summed E-state index contributed by atoms with van der Waals surface area (Å²) >= 11 is 5.82. The molecule has 1 atom stereocenters. The molecule has 2 fully saturated rings. The summed E-state index contributed by atoms with van der Waals surface area (Å²) in [6.07, 6.45) is 0.231. The van der Waals surface area contributed by atoms with Crippen molar-refractivity contribution in [2.75, 3.05) is 32.8 Å². The van der Waals surface area contributed by atoms with Crippen LogP contribution in [0.15, 0.2) is 29.4 Å². The number of rotatable bonds is 5. The lowest BCUT2D eigenvalue weighted by Crippen LogP contribution is -2.40. The number of carbonyl (C=O) groups excluding carboxylic acids is 1. The molecule has 0 spiro atoms. The molecule has 9 nitrogen and oxygen atoms in total. The summed E-state index contributed by atoms with van der Waals surface area (Å²) in [7, 11) is 0. The molecule has 1 amide bonds. The predicted molar refractivity (Wildman–Crippen MR) is 93.3 cm³/mol. The first-order valence-electron chi connectivity index (χ1n) is 8.27. The highest BCUT2D eigenvalue weighted by molar-refractivity contribution is 6.30. The van der Waals surface area contributed by atoms with Crippen molar-refractivity contribution in [1.29, 1.82) is 0 Å². The molecule has 1 aromatic carbocycles. The van der Waals surface area contributed by atoms with Crippen LogP contribution in [0.3, 0.4) is 0 Å². The maximum Gasteiger partial charge on any atom is 0.417 e. The zero-order valence-corrected chi connectivity index (χ0v) is 14.8. The first-order chi connectivity index (χ1) is 12.5. The minimum absolute atomic E-state index is 0.0167. The van der Waals surface area contributed by atoms with Crippen molar-refractivity contribution < 1.29 is 19.3 Å². The molecule has 0 saturated carbocycles. The van der Waals surface area contributed by atoms with Gasteiger partial charge in [0.05, 0.1) is 13.2 Å². The van der Waals surface area contributed by atoms with Crippen LogP contribution >= 0.6 is 11.6 Å². The molecular weight excluding hydrogens is 364 g/mol. The van der Waals surface area contributed by atoms with Gasteiger partial charge in [-0.15, -0.1) is 0 Å². The number of hydrogen-bond donors (Lipinski definition) is 0. The van der Waals surface area contributed by atoms with E-state index in [2.05, 4.69) is 5.10 Å². The van der Waals surface area contributed by atoms with Crippen LogP contribution in [0.5, 0.6) is 0 Å². The highest BCUT2D eigenvalue weighted by atomic mass is 35.5. The standard InChI is InChI=1S/C16H19ClN4O5/c17-14-3-1-12(2-4-14)11-26-16(22)20-7-6-19(15(20)18-21(23)24)9-13-5-8-25-10-13/h1-4,13H,5-11H2. The van der Waals surface area contributed by atoms with Gasteiger partial charge in [0.25, 0.3) is 5.96 Å². The largest absolute Gasteiger partial charge is 0.444 e. The van der Waals surface area contributed by atoms with Gasteiger partial charge in [-0.25, -0.2) is 19.8 Å². The molecule has 0 radical (unpaired) electrons. The van der Waals surface area contributed by atoms with E-state index in [0.29, 0.717) is 37.9 Å². The molecule has 1 unspecified atom stereocenters. The Kier molecular flexibility index (Phi) is 5.89. The lowest BCUT2D eigenvalue weighted by Gasteiger charge is -2.21. The zero-order chi connectivity index (χ0) is 18.5. The van der Waals surface area contributed by atoms with Crippen LogP contribution in [0, 0.1) is 16.0 Å². The molecule has 2 heterocycles. The fraction of sp³-hybridized carbons (Fsp3) is 0.500. The number of hydrazone groups is 1. The van der Waals surface area contributed by atoms with E-state index in [1.54, 1.807) is 29.2 Å². The molecule has 0 aliphatic carbocycles. The van der Waals surface area contributed by atoms with Crippen molar-refractivity contribution >= 4 is 23.7 Å².